The first-order valence-electron chi connectivity index (χ1n) is 6.36. The van der Waals surface area contributed by atoms with E-state index in [-0.39, 0.29) is 36.7 Å². The average molecular weight is 305 g/mol. The monoisotopic (exact) mass is 304 g/mol. The quantitative estimate of drug-likeness (QED) is 0.716. The van der Waals surface area contributed by atoms with Crippen molar-refractivity contribution in [2.75, 3.05) is 26.8 Å². The molecular weight excluding hydrogens is 283 g/mol. The smallest absolute Gasteiger partial charge is 0.234 e. The van der Waals surface area contributed by atoms with Crippen molar-refractivity contribution < 1.29 is 13.9 Å². The van der Waals surface area contributed by atoms with Gasteiger partial charge in [-0.2, -0.15) is 0 Å². The molecule has 20 heavy (non-hydrogen) atoms. The molecular formula is C14H22ClFN2O2. The number of carbonyl (C=O) groups excluding carboxylic acids is 1. The Morgan fingerprint density at radius 2 is 2.10 bits per heavy atom. The lowest BCUT2D eigenvalue weighted by atomic mass is 10.1. The van der Waals surface area contributed by atoms with Gasteiger partial charge in [0.15, 0.2) is 0 Å². The summed E-state index contributed by atoms with van der Waals surface area (Å²) in [6.45, 7) is 3.30. The molecule has 0 radical (unpaired) electrons. The molecule has 1 aromatic carbocycles. The summed E-state index contributed by atoms with van der Waals surface area (Å²) in [5.41, 5.74) is 0.614. The van der Waals surface area contributed by atoms with Crippen molar-refractivity contribution in [1.29, 1.82) is 0 Å². The van der Waals surface area contributed by atoms with Crippen molar-refractivity contribution in [3.63, 3.8) is 0 Å². The van der Waals surface area contributed by atoms with E-state index in [1.165, 1.54) is 6.07 Å². The van der Waals surface area contributed by atoms with E-state index in [1.807, 2.05) is 6.92 Å². The Morgan fingerprint density at radius 3 is 2.75 bits per heavy atom. The Kier molecular flexibility index (Phi) is 9.98. The van der Waals surface area contributed by atoms with E-state index in [9.17, 15) is 9.18 Å². The van der Waals surface area contributed by atoms with Gasteiger partial charge in [0.1, 0.15) is 5.82 Å². The highest BCUT2D eigenvalue weighted by atomic mass is 35.5. The van der Waals surface area contributed by atoms with Gasteiger partial charge in [-0.25, -0.2) is 4.39 Å². The maximum absolute atomic E-state index is 13.4. The maximum Gasteiger partial charge on any atom is 0.234 e. The predicted molar refractivity (Wildman–Crippen MR) is 79.7 cm³/mol. The van der Waals surface area contributed by atoms with Crippen LogP contribution in [0.5, 0.6) is 0 Å². The minimum Gasteiger partial charge on any atom is -0.383 e. The number of amides is 1. The molecule has 1 atom stereocenters. The Hall–Kier alpha value is -1.17. The van der Waals surface area contributed by atoms with Crippen molar-refractivity contribution in [3.8, 4) is 0 Å². The van der Waals surface area contributed by atoms with Crippen molar-refractivity contribution in [1.82, 2.24) is 10.6 Å². The number of methoxy groups -OCH3 is 1. The Bertz CT molecular complexity index is 405. The van der Waals surface area contributed by atoms with Gasteiger partial charge in [-0.3, -0.25) is 4.79 Å². The second-order valence-corrected chi connectivity index (χ2v) is 4.43. The fraction of sp³-hybridized carbons (Fsp3) is 0.500. The molecule has 0 heterocycles. The largest absolute Gasteiger partial charge is 0.383 e. The van der Waals surface area contributed by atoms with E-state index >= 15 is 0 Å². The third-order valence-corrected chi connectivity index (χ3v) is 2.66. The Labute approximate surface area is 125 Å². The second kappa shape index (κ2) is 10.6. The van der Waals surface area contributed by atoms with Crippen LogP contribution in [-0.2, 0) is 16.0 Å². The summed E-state index contributed by atoms with van der Waals surface area (Å²) in [6.07, 6.45) is 0.483. The lowest BCUT2D eigenvalue weighted by Crippen LogP contribution is -2.40. The molecule has 114 valence electrons. The summed E-state index contributed by atoms with van der Waals surface area (Å²) >= 11 is 0. The molecule has 0 bridgehead atoms. The molecule has 0 aliphatic carbocycles. The third-order valence-electron chi connectivity index (χ3n) is 2.66. The summed E-state index contributed by atoms with van der Waals surface area (Å²) in [7, 11) is 1.61. The summed E-state index contributed by atoms with van der Waals surface area (Å²) < 4.78 is 18.3. The SMILES string of the molecule is COCCNCC(=O)NC(C)Cc1ccccc1F.Cl. The van der Waals surface area contributed by atoms with Gasteiger partial charge in [-0.15, -0.1) is 12.4 Å². The second-order valence-electron chi connectivity index (χ2n) is 4.43. The highest BCUT2D eigenvalue weighted by Crippen LogP contribution is 2.08. The number of hydrogen-bond donors (Lipinski definition) is 2. The topological polar surface area (TPSA) is 50.4 Å². The van der Waals surface area contributed by atoms with E-state index in [0.29, 0.717) is 25.1 Å². The molecule has 0 fully saturated rings. The van der Waals surface area contributed by atoms with Crippen LogP contribution in [0.2, 0.25) is 0 Å². The van der Waals surface area contributed by atoms with Gasteiger partial charge >= 0.3 is 0 Å². The molecule has 1 amide bonds. The molecule has 0 saturated heterocycles. The summed E-state index contributed by atoms with van der Waals surface area (Å²) in [6, 6.07) is 6.50. The predicted octanol–water partition coefficient (Wildman–Crippen LogP) is 1.53. The zero-order valence-electron chi connectivity index (χ0n) is 11.8. The summed E-state index contributed by atoms with van der Waals surface area (Å²) in [4.78, 5) is 11.6. The van der Waals surface area contributed by atoms with E-state index in [2.05, 4.69) is 10.6 Å². The molecule has 0 spiro atoms. The zero-order chi connectivity index (χ0) is 14.1. The van der Waals surface area contributed by atoms with Crippen LogP contribution < -0.4 is 10.6 Å². The molecule has 0 saturated carbocycles. The fourth-order valence-electron chi connectivity index (χ4n) is 1.75. The zero-order valence-corrected chi connectivity index (χ0v) is 12.6. The van der Waals surface area contributed by atoms with Gasteiger partial charge in [-0.05, 0) is 25.0 Å². The van der Waals surface area contributed by atoms with Gasteiger partial charge in [-0.1, -0.05) is 18.2 Å². The van der Waals surface area contributed by atoms with E-state index in [1.54, 1.807) is 25.3 Å². The van der Waals surface area contributed by atoms with Crippen LogP contribution in [0, 0.1) is 5.82 Å². The lowest BCUT2D eigenvalue weighted by Gasteiger charge is -2.14. The van der Waals surface area contributed by atoms with Gasteiger partial charge < -0.3 is 15.4 Å². The highest BCUT2D eigenvalue weighted by Gasteiger charge is 2.10. The van der Waals surface area contributed by atoms with Gasteiger partial charge in [0, 0.05) is 19.7 Å². The molecule has 1 unspecified atom stereocenters. The third kappa shape index (κ3) is 7.43. The number of rotatable bonds is 8. The van der Waals surface area contributed by atoms with Crippen molar-refractivity contribution in [2.45, 2.75) is 19.4 Å². The standard InChI is InChI=1S/C14H21FN2O2.ClH/c1-11(9-12-5-3-4-6-13(12)15)17-14(18)10-16-7-8-19-2;/h3-6,11,16H,7-10H2,1-2H3,(H,17,18);1H. The van der Waals surface area contributed by atoms with Crippen LogP contribution in [0.25, 0.3) is 0 Å². The number of halogens is 2. The van der Waals surface area contributed by atoms with Crippen LogP contribution in [0.3, 0.4) is 0 Å². The Balaban J connectivity index is 0.00000361. The first-order valence-corrected chi connectivity index (χ1v) is 6.36. The van der Waals surface area contributed by atoms with Crippen LogP contribution in [0.15, 0.2) is 24.3 Å². The fourth-order valence-corrected chi connectivity index (χ4v) is 1.75. The highest BCUT2D eigenvalue weighted by molar-refractivity contribution is 5.85. The van der Waals surface area contributed by atoms with Crippen LogP contribution in [0.1, 0.15) is 12.5 Å². The van der Waals surface area contributed by atoms with Crippen molar-refractivity contribution in [3.05, 3.63) is 35.6 Å². The minimum absolute atomic E-state index is 0. The molecule has 0 aliphatic heterocycles. The maximum atomic E-state index is 13.4. The van der Waals surface area contributed by atoms with E-state index in [4.69, 9.17) is 4.74 Å². The number of ether oxygens (including phenoxy) is 1. The molecule has 2 N–H and O–H groups in total. The first kappa shape index (κ1) is 18.8. The normalized spacial score (nSPS) is 11.6. The molecule has 1 aromatic rings. The minimum atomic E-state index is -0.234. The van der Waals surface area contributed by atoms with Gasteiger partial charge in [0.2, 0.25) is 5.91 Å². The first-order chi connectivity index (χ1) is 9.13. The van der Waals surface area contributed by atoms with E-state index in [0.717, 1.165) is 0 Å². The molecule has 6 heteroatoms. The molecule has 0 aliphatic rings. The molecule has 4 nitrogen and oxygen atoms in total. The van der Waals surface area contributed by atoms with E-state index < -0.39 is 0 Å². The number of benzene rings is 1. The number of carbonyl (C=O) groups is 1. The Morgan fingerprint density at radius 1 is 1.40 bits per heavy atom. The van der Waals surface area contributed by atoms with Crippen LogP contribution in [-0.4, -0.2) is 38.8 Å². The molecule has 0 aromatic heterocycles. The summed E-state index contributed by atoms with van der Waals surface area (Å²) in [5.74, 6) is -0.332. The number of hydrogen-bond acceptors (Lipinski definition) is 3. The van der Waals surface area contributed by atoms with Gasteiger partial charge in [0.05, 0.1) is 13.2 Å². The lowest BCUT2D eigenvalue weighted by molar-refractivity contribution is -0.120. The van der Waals surface area contributed by atoms with Crippen molar-refractivity contribution >= 4 is 18.3 Å². The van der Waals surface area contributed by atoms with Crippen LogP contribution in [0.4, 0.5) is 4.39 Å². The summed E-state index contributed by atoms with van der Waals surface area (Å²) in [5, 5.41) is 5.78. The number of nitrogens with one attached hydrogen (secondary N) is 2. The van der Waals surface area contributed by atoms with Crippen molar-refractivity contribution in [2.24, 2.45) is 0 Å². The molecule has 1 rings (SSSR count). The van der Waals surface area contributed by atoms with Crippen LogP contribution >= 0.6 is 12.4 Å². The average Bonchev–Trinajstić information content (AvgIpc) is 2.37. The van der Waals surface area contributed by atoms with Gasteiger partial charge in [0.25, 0.3) is 0 Å².